The highest BCUT2D eigenvalue weighted by Gasteiger charge is 2.12. The molecule has 96 valence electrons. The van der Waals surface area contributed by atoms with Crippen molar-refractivity contribution in [3.63, 3.8) is 0 Å². The average molecular weight is 389 g/mol. The predicted octanol–water partition coefficient (Wildman–Crippen LogP) is 5.08. The summed E-state index contributed by atoms with van der Waals surface area (Å²) in [6.45, 7) is 2.18. The number of benzene rings is 1. The lowest BCUT2D eigenvalue weighted by Gasteiger charge is -2.13. The first kappa shape index (κ1) is 14.3. The lowest BCUT2D eigenvalue weighted by atomic mass is 10.0. The molecule has 4 heteroatoms. The van der Waals surface area contributed by atoms with E-state index in [9.17, 15) is 0 Å². The van der Waals surface area contributed by atoms with Gasteiger partial charge in [0.1, 0.15) is 0 Å². The van der Waals surface area contributed by atoms with Gasteiger partial charge in [-0.05, 0) is 42.3 Å². The molecule has 2 rings (SSSR count). The van der Waals surface area contributed by atoms with E-state index in [1.807, 2.05) is 23.5 Å². The molecule has 1 atom stereocenters. The van der Waals surface area contributed by atoms with Gasteiger partial charge in [0.05, 0.1) is 0 Å². The Balaban J connectivity index is 2.16. The summed E-state index contributed by atoms with van der Waals surface area (Å²) in [6, 6.07) is 10.5. The van der Waals surface area contributed by atoms with Crippen molar-refractivity contribution in [2.24, 2.45) is 5.73 Å². The Bertz CT molecular complexity index is 536. The summed E-state index contributed by atoms with van der Waals surface area (Å²) in [5, 5.41) is 0. The topological polar surface area (TPSA) is 26.0 Å². The molecule has 0 amide bonds. The minimum atomic E-state index is 0.0280. The number of nitrogens with two attached hydrogens (primary N) is 1. The minimum absolute atomic E-state index is 0.0280. The highest BCUT2D eigenvalue weighted by Crippen LogP contribution is 2.29. The van der Waals surface area contributed by atoms with Crippen LogP contribution in [0.4, 0.5) is 0 Å². The first-order valence-corrected chi connectivity index (χ1v) is 8.28. The molecule has 0 spiro atoms. The number of halogens is 2. The van der Waals surface area contributed by atoms with Crippen LogP contribution in [0, 0.1) is 0 Å². The summed E-state index contributed by atoms with van der Waals surface area (Å²) >= 11 is 8.92. The van der Waals surface area contributed by atoms with E-state index in [2.05, 4.69) is 57.0 Å². The van der Waals surface area contributed by atoms with E-state index < -0.39 is 0 Å². The fourth-order valence-corrected chi connectivity index (χ4v) is 3.78. The lowest BCUT2D eigenvalue weighted by Crippen LogP contribution is -2.13. The van der Waals surface area contributed by atoms with Crippen molar-refractivity contribution in [1.82, 2.24) is 0 Å². The molecule has 0 bridgehead atoms. The molecule has 0 saturated heterocycles. The lowest BCUT2D eigenvalue weighted by molar-refractivity contribution is 0.726. The first-order chi connectivity index (χ1) is 8.60. The van der Waals surface area contributed by atoms with Crippen molar-refractivity contribution in [1.29, 1.82) is 0 Å². The summed E-state index contributed by atoms with van der Waals surface area (Å²) in [4.78, 5) is 2.77. The molecule has 0 aliphatic heterocycles. The zero-order valence-corrected chi connectivity index (χ0v) is 14.1. The molecule has 1 nitrogen and oxygen atoms in total. The maximum Gasteiger partial charge on any atom is 0.0355 e. The van der Waals surface area contributed by atoms with Crippen molar-refractivity contribution >= 4 is 43.2 Å². The SMILES string of the molecule is CCc1ccc(CC(N)c2cc(Br)ccc2Br)s1. The van der Waals surface area contributed by atoms with E-state index in [1.54, 1.807) is 0 Å². The van der Waals surface area contributed by atoms with Gasteiger partial charge in [-0.1, -0.05) is 38.8 Å². The maximum atomic E-state index is 6.30. The van der Waals surface area contributed by atoms with E-state index in [0.29, 0.717) is 0 Å². The highest BCUT2D eigenvalue weighted by atomic mass is 79.9. The van der Waals surface area contributed by atoms with Crippen LogP contribution in [0.5, 0.6) is 0 Å². The van der Waals surface area contributed by atoms with Gasteiger partial charge in [0.15, 0.2) is 0 Å². The van der Waals surface area contributed by atoms with Crippen molar-refractivity contribution in [3.8, 4) is 0 Å². The quantitative estimate of drug-likeness (QED) is 0.776. The van der Waals surface area contributed by atoms with Crippen LogP contribution in [-0.4, -0.2) is 0 Å². The zero-order chi connectivity index (χ0) is 13.1. The fraction of sp³-hybridized carbons (Fsp3) is 0.286. The molecule has 2 N–H and O–H groups in total. The van der Waals surface area contributed by atoms with Crippen LogP contribution < -0.4 is 5.73 Å². The average Bonchev–Trinajstić information content (AvgIpc) is 2.80. The molecule has 18 heavy (non-hydrogen) atoms. The molecule has 1 unspecified atom stereocenters. The third-order valence-corrected chi connectivity index (χ3v) is 5.31. The Morgan fingerprint density at radius 1 is 1.17 bits per heavy atom. The molecule has 0 radical (unpaired) electrons. The number of rotatable bonds is 4. The summed E-state index contributed by atoms with van der Waals surface area (Å²) in [6.07, 6.45) is 1.99. The Morgan fingerprint density at radius 2 is 1.89 bits per heavy atom. The third kappa shape index (κ3) is 3.44. The fourth-order valence-electron chi connectivity index (χ4n) is 1.85. The number of aryl methyl sites for hydroxylation is 1. The van der Waals surface area contributed by atoms with E-state index in [1.165, 1.54) is 9.75 Å². The number of hydrogen-bond donors (Lipinski definition) is 1. The van der Waals surface area contributed by atoms with E-state index in [4.69, 9.17) is 5.73 Å². The van der Waals surface area contributed by atoms with Crippen LogP contribution in [0.15, 0.2) is 39.3 Å². The monoisotopic (exact) mass is 387 g/mol. The van der Waals surface area contributed by atoms with Crippen molar-refractivity contribution in [2.45, 2.75) is 25.8 Å². The largest absolute Gasteiger partial charge is 0.324 e. The van der Waals surface area contributed by atoms with Crippen molar-refractivity contribution < 1.29 is 0 Å². The Kier molecular flexibility index (Phi) is 5.01. The normalized spacial score (nSPS) is 12.7. The summed E-state index contributed by atoms with van der Waals surface area (Å²) in [7, 11) is 0. The minimum Gasteiger partial charge on any atom is -0.324 e. The summed E-state index contributed by atoms with van der Waals surface area (Å²) in [5.41, 5.74) is 7.45. The van der Waals surface area contributed by atoms with Crippen LogP contribution in [0.3, 0.4) is 0 Å². The Morgan fingerprint density at radius 3 is 2.56 bits per heavy atom. The van der Waals surface area contributed by atoms with Crippen molar-refractivity contribution in [2.75, 3.05) is 0 Å². The summed E-state index contributed by atoms with van der Waals surface area (Å²) < 4.78 is 2.14. The smallest absolute Gasteiger partial charge is 0.0355 e. The van der Waals surface area contributed by atoms with Crippen LogP contribution in [0.1, 0.15) is 28.3 Å². The molecular formula is C14H15Br2NS. The van der Waals surface area contributed by atoms with Gasteiger partial charge in [0, 0.05) is 31.2 Å². The van der Waals surface area contributed by atoms with E-state index in [0.717, 1.165) is 27.4 Å². The van der Waals surface area contributed by atoms with Gasteiger partial charge < -0.3 is 5.73 Å². The molecule has 0 saturated carbocycles. The molecule has 0 aliphatic carbocycles. The molecule has 0 aliphatic rings. The van der Waals surface area contributed by atoms with Crippen LogP contribution in [0.25, 0.3) is 0 Å². The molecule has 1 heterocycles. The van der Waals surface area contributed by atoms with Gasteiger partial charge in [0.25, 0.3) is 0 Å². The predicted molar refractivity (Wildman–Crippen MR) is 86.2 cm³/mol. The standard InChI is InChI=1S/C14H15Br2NS/c1-2-10-4-5-11(18-10)8-14(17)12-7-9(15)3-6-13(12)16/h3-7,14H,2,8,17H2,1H3. The van der Waals surface area contributed by atoms with E-state index >= 15 is 0 Å². The Hall–Kier alpha value is -0.160. The second-order valence-corrected chi connectivity index (χ2v) is 7.22. The van der Waals surface area contributed by atoms with Crippen LogP contribution in [0.2, 0.25) is 0 Å². The number of thiophene rings is 1. The van der Waals surface area contributed by atoms with Crippen LogP contribution >= 0.6 is 43.2 Å². The number of hydrogen-bond acceptors (Lipinski definition) is 2. The molecule has 2 aromatic rings. The first-order valence-electron chi connectivity index (χ1n) is 5.88. The van der Waals surface area contributed by atoms with Gasteiger partial charge in [-0.15, -0.1) is 11.3 Å². The molecule has 1 aromatic carbocycles. The van der Waals surface area contributed by atoms with Gasteiger partial charge in [0.2, 0.25) is 0 Å². The molecular weight excluding hydrogens is 374 g/mol. The van der Waals surface area contributed by atoms with E-state index in [-0.39, 0.29) is 6.04 Å². The van der Waals surface area contributed by atoms with Gasteiger partial charge in [-0.2, -0.15) is 0 Å². The third-order valence-electron chi connectivity index (χ3n) is 2.84. The highest BCUT2D eigenvalue weighted by molar-refractivity contribution is 9.11. The summed E-state index contributed by atoms with van der Waals surface area (Å²) in [5.74, 6) is 0. The van der Waals surface area contributed by atoms with Gasteiger partial charge >= 0.3 is 0 Å². The molecule has 1 aromatic heterocycles. The second-order valence-electron chi connectivity index (χ2n) is 4.20. The zero-order valence-electron chi connectivity index (χ0n) is 10.1. The molecule has 0 fully saturated rings. The Labute approximate surface area is 129 Å². The second kappa shape index (κ2) is 6.33. The maximum absolute atomic E-state index is 6.30. The van der Waals surface area contributed by atoms with Gasteiger partial charge in [-0.3, -0.25) is 0 Å². The van der Waals surface area contributed by atoms with Crippen molar-refractivity contribution in [3.05, 3.63) is 54.6 Å². The van der Waals surface area contributed by atoms with Gasteiger partial charge in [-0.25, -0.2) is 0 Å². The van der Waals surface area contributed by atoms with Crippen LogP contribution in [-0.2, 0) is 12.8 Å².